The van der Waals surface area contributed by atoms with Crippen LogP contribution >= 0.6 is 0 Å². The van der Waals surface area contributed by atoms with Crippen molar-refractivity contribution >= 4 is 5.97 Å². The molecule has 0 atom stereocenters. The predicted octanol–water partition coefficient (Wildman–Crippen LogP) is 3.81. The van der Waals surface area contributed by atoms with Crippen LogP contribution in [0.3, 0.4) is 0 Å². The van der Waals surface area contributed by atoms with E-state index in [0.29, 0.717) is 0 Å². The molecular formula is C15H13FO2. The van der Waals surface area contributed by atoms with Crippen molar-refractivity contribution in [2.24, 2.45) is 0 Å². The summed E-state index contributed by atoms with van der Waals surface area (Å²) in [5.41, 5.74) is 3.54. The van der Waals surface area contributed by atoms with Crippen molar-refractivity contribution in [1.82, 2.24) is 0 Å². The number of carboxylic acids is 1. The summed E-state index contributed by atoms with van der Waals surface area (Å²) >= 11 is 0. The van der Waals surface area contributed by atoms with E-state index >= 15 is 0 Å². The molecule has 1 N–H and O–H groups in total. The lowest BCUT2D eigenvalue weighted by atomic mass is 9.95. The Bertz CT molecular complexity index is 618. The number of halogens is 1. The van der Waals surface area contributed by atoms with E-state index in [9.17, 15) is 9.18 Å². The number of aromatic carboxylic acids is 1. The second kappa shape index (κ2) is 4.61. The fourth-order valence-electron chi connectivity index (χ4n) is 1.93. The maximum Gasteiger partial charge on any atom is 0.335 e. The van der Waals surface area contributed by atoms with Gasteiger partial charge in [-0.1, -0.05) is 12.1 Å². The van der Waals surface area contributed by atoms with E-state index in [0.717, 1.165) is 22.3 Å². The monoisotopic (exact) mass is 244 g/mol. The Morgan fingerprint density at radius 2 is 1.56 bits per heavy atom. The van der Waals surface area contributed by atoms with Gasteiger partial charge in [-0.15, -0.1) is 0 Å². The van der Waals surface area contributed by atoms with Gasteiger partial charge in [-0.25, -0.2) is 9.18 Å². The van der Waals surface area contributed by atoms with Gasteiger partial charge in [0.05, 0.1) is 5.56 Å². The molecule has 0 saturated carbocycles. The second-order valence-electron chi connectivity index (χ2n) is 4.29. The summed E-state index contributed by atoms with van der Waals surface area (Å²) in [6.07, 6.45) is 0. The third-order valence-electron chi connectivity index (χ3n) is 2.97. The minimum atomic E-state index is -0.981. The van der Waals surface area contributed by atoms with Crippen LogP contribution in [-0.2, 0) is 0 Å². The molecule has 0 heterocycles. The molecule has 2 aromatic rings. The molecular weight excluding hydrogens is 231 g/mol. The fraction of sp³-hybridized carbons (Fsp3) is 0.133. The van der Waals surface area contributed by atoms with Crippen molar-refractivity contribution in [1.29, 1.82) is 0 Å². The van der Waals surface area contributed by atoms with Gasteiger partial charge in [-0.05, 0) is 60.4 Å². The highest BCUT2D eigenvalue weighted by atomic mass is 19.1. The molecule has 0 unspecified atom stereocenters. The van der Waals surface area contributed by atoms with Crippen LogP contribution in [0.25, 0.3) is 11.1 Å². The van der Waals surface area contributed by atoms with E-state index in [4.69, 9.17) is 5.11 Å². The smallest absolute Gasteiger partial charge is 0.335 e. The topological polar surface area (TPSA) is 37.3 Å². The molecule has 0 aromatic heterocycles. The van der Waals surface area contributed by atoms with Crippen molar-refractivity contribution in [3.8, 4) is 11.1 Å². The molecule has 18 heavy (non-hydrogen) atoms. The van der Waals surface area contributed by atoms with Crippen molar-refractivity contribution in [3.05, 3.63) is 58.9 Å². The van der Waals surface area contributed by atoms with Crippen LogP contribution in [0.15, 0.2) is 36.4 Å². The third kappa shape index (κ3) is 2.25. The predicted molar refractivity (Wildman–Crippen MR) is 68.3 cm³/mol. The molecule has 0 amide bonds. The van der Waals surface area contributed by atoms with Gasteiger partial charge >= 0.3 is 5.97 Å². The molecule has 2 nitrogen and oxygen atoms in total. The Morgan fingerprint density at radius 3 is 2.17 bits per heavy atom. The Morgan fingerprint density at radius 1 is 1.00 bits per heavy atom. The SMILES string of the molecule is Cc1ccc(F)cc1-c1cc(C(=O)O)ccc1C. The lowest BCUT2D eigenvalue weighted by Gasteiger charge is -2.10. The van der Waals surface area contributed by atoms with E-state index in [-0.39, 0.29) is 11.4 Å². The standard InChI is InChI=1S/C15H13FO2/c1-9-3-5-11(15(17)18)7-13(9)14-8-12(16)6-4-10(14)2/h3-8H,1-2H3,(H,17,18). The summed E-state index contributed by atoms with van der Waals surface area (Å²) in [6.45, 7) is 3.76. The van der Waals surface area contributed by atoms with E-state index in [1.165, 1.54) is 12.1 Å². The highest BCUT2D eigenvalue weighted by molar-refractivity contribution is 5.90. The molecule has 0 aliphatic heterocycles. The molecule has 92 valence electrons. The number of carbonyl (C=O) groups is 1. The van der Waals surface area contributed by atoms with Crippen molar-refractivity contribution in [2.45, 2.75) is 13.8 Å². The zero-order chi connectivity index (χ0) is 13.3. The summed E-state index contributed by atoms with van der Waals surface area (Å²) < 4.78 is 13.3. The maximum absolute atomic E-state index is 13.3. The van der Waals surface area contributed by atoms with Crippen LogP contribution in [0.5, 0.6) is 0 Å². The van der Waals surface area contributed by atoms with Crippen LogP contribution in [-0.4, -0.2) is 11.1 Å². The van der Waals surface area contributed by atoms with Gasteiger partial charge in [0.2, 0.25) is 0 Å². The van der Waals surface area contributed by atoms with Crippen LogP contribution in [0.4, 0.5) is 4.39 Å². The van der Waals surface area contributed by atoms with Gasteiger partial charge in [0.1, 0.15) is 5.82 Å². The van der Waals surface area contributed by atoms with E-state index in [2.05, 4.69) is 0 Å². The summed E-state index contributed by atoms with van der Waals surface area (Å²) in [5, 5.41) is 9.00. The summed E-state index contributed by atoms with van der Waals surface area (Å²) in [5.74, 6) is -1.30. The summed E-state index contributed by atoms with van der Waals surface area (Å²) in [6, 6.07) is 9.40. The minimum absolute atomic E-state index is 0.208. The molecule has 2 aromatic carbocycles. The second-order valence-corrected chi connectivity index (χ2v) is 4.29. The first-order valence-corrected chi connectivity index (χ1v) is 5.59. The molecule has 0 fully saturated rings. The average Bonchev–Trinajstić information content (AvgIpc) is 2.33. The van der Waals surface area contributed by atoms with Crippen molar-refractivity contribution in [2.75, 3.05) is 0 Å². The molecule has 3 heteroatoms. The van der Waals surface area contributed by atoms with Gasteiger partial charge < -0.3 is 5.11 Å². The molecule has 0 saturated heterocycles. The quantitative estimate of drug-likeness (QED) is 0.872. The van der Waals surface area contributed by atoms with Crippen molar-refractivity contribution in [3.63, 3.8) is 0 Å². The molecule has 2 rings (SSSR count). The Hall–Kier alpha value is -2.16. The molecule has 0 bridgehead atoms. The number of benzene rings is 2. The van der Waals surface area contributed by atoms with Crippen molar-refractivity contribution < 1.29 is 14.3 Å². The Kier molecular flexibility index (Phi) is 3.15. The van der Waals surface area contributed by atoms with E-state index in [1.54, 1.807) is 24.3 Å². The number of carboxylic acid groups (broad SMARTS) is 1. The number of rotatable bonds is 2. The first-order valence-electron chi connectivity index (χ1n) is 5.59. The van der Waals surface area contributed by atoms with Gasteiger partial charge in [0.15, 0.2) is 0 Å². The minimum Gasteiger partial charge on any atom is -0.478 e. The Labute approximate surface area is 105 Å². The van der Waals surface area contributed by atoms with Crippen LogP contribution in [0, 0.1) is 19.7 Å². The first-order chi connectivity index (χ1) is 8.49. The molecule has 0 aliphatic rings. The highest BCUT2D eigenvalue weighted by Gasteiger charge is 2.10. The number of hydrogen-bond donors (Lipinski definition) is 1. The number of hydrogen-bond acceptors (Lipinski definition) is 1. The highest BCUT2D eigenvalue weighted by Crippen LogP contribution is 2.28. The molecule has 0 aliphatic carbocycles. The lowest BCUT2D eigenvalue weighted by molar-refractivity contribution is 0.0697. The average molecular weight is 244 g/mol. The van der Waals surface area contributed by atoms with Crippen LogP contribution in [0.1, 0.15) is 21.5 Å². The zero-order valence-electron chi connectivity index (χ0n) is 10.2. The van der Waals surface area contributed by atoms with Gasteiger partial charge in [-0.2, -0.15) is 0 Å². The molecule has 0 spiro atoms. The summed E-state index contributed by atoms with van der Waals surface area (Å²) in [4.78, 5) is 11.0. The first kappa shape index (κ1) is 12.3. The fourth-order valence-corrected chi connectivity index (χ4v) is 1.93. The normalized spacial score (nSPS) is 10.4. The summed E-state index contributed by atoms with van der Waals surface area (Å²) in [7, 11) is 0. The van der Waals surface area contributed by atoms with Crippen LogP contribution in [0.2, 0.25) is 0 Å². The van der Waals surface area contributed by atoms with E-state index < -0.39 is 5.97 Å². The van der Waals surface area contributed by atoms with Gasteiger partial charge in [0.25, 0.3) is 0 Å². The molecule has 0 radical (unpaired) electrons. The van der Waals surface area contributed by atoms with Crippen LogP contribution < -0.4 is 0 Å². The van der Waals surface area contributed by atoms with E-state index in [1.807, 2.05) is 13.8 Å². The lowest BCUT2D eigenvalue weighted by Crippen LogP contribution is -1.98. The van der Waals surface area contributed by atoms with Gasteiger partial charge in [-0.3, -0.25) is 0 Å². The maximum atomic E-state index is 13.3. The van der Waals surface area contributed by atoms with Gasteiger partial charge in [0, 0.05) is 0 Å². The third-order valence-corrected chi connectivity index (χ3v) is 2.97. The number of aryl methyl sites for hydroxylation is 2. The Balaban J connectivity index is 2.66. The largest absolute Gasteiger partial charge is 0.478 e. The zero-order valence-corrected chi connectivity index (χ0v) is 10.2.